The number of rotatable bonds is 3. The van der Waals surface area contributed by atoms with Crippen LogP contribution in [0.5, 0.6) is 0 Å². The van der Waals surface area contributed by atoms with E-state index >= 15 is 0 Å². The zero-order valence-corrected chi connectivity index (χ0v) is 13.1. The Kier molecular flexibility index (Phi) is 3.96. The first kappa shape index (κ1) is 14.7. The van der Waals surface area contributed by atoms with Gasteiger partial charge in [0.2, 0.25) is 0 Å². The van der Waals surface area contributed by atoms with Crippen LogP contribution >= 0.6 is 24.0 Å². The summed E-state index contributed by atoms with van der Waals surface area (Å²) in [5.74, 6) is -0.220. The number of fused-ring (bicyclic) bond motifs is 1. The normalized spacial score (nSPS) is 16.7. The lowest BCUT2D eigenvalue weighted by Crippen LogP contribution is -2.27. The number of amides is 1. The minimum Gasteiger partial charge on any atom is -0.422 e. The number of hydrogen-bond donors (Lipinski definition) is 0. The smallest absolute Gasteiger partial charge is 0.343 e. The number of para-hydroxylation sites is 1. The van der Waals surface area contributed by atoms with Crippen molar-refractivity contribution in [2.45, 2.75) is 0 Å². The molecule has 1 aliphatic rings. The number of thiocarbonyl (C=S) groups is 1. The predicted molar refractivity (Wildman–Crippen MR) is 92.6 cm³/mol. The van der Waals surface area contributed by atoms with Gasteiger partial charge in [0.15, 0.2) is 0 Å². The van der Waals surface area contributed by atoms with E-state index in [-0.39, 0.29) is 5.91 Å². The van der Waals surface area contributed by atoms with Gasteiger partial charge in [-0.1, -0.05) is 48.3 Å². The van der Waals surface area contributed by atoms with Gasteiger partial charge in [-0.3, -0.25) is 9.69 Å². The standard InChI is InChI=1S/C16H11NO3S2/c1-2-7-17-14(18)13(22-16(17)21)9-11-8-10-5-3-4-6-12(10)20-15(11)19/h2-6,8-9H,1,7H2/b13-9-. The molecule has 1 aromatic carbocycles. The molecule has 2 aromatic rings. The van der Waals surface area contributed by atoms with Crippen LogP contribution in [-0.4, -0.2) is 21.7 Å². The van der Waals surface area contributed by atoms with E-state index in [2.05, 4.69) is 6.58 Å². The van der Waals surface area contributed by atoms with E-state index in [1.807, 2.05) is 12.1 Å². The van der Waals surface area contributed by atoms with E-state index in [0.29, 0.717) is 26.9 Å². The van der Waals surface area contributed by atoms with Crippen molar-refractivity contribution in [3.63, 3.8) is 0 Å². The molecule has 1 saturated heterocycles. The van der Waals surface area contributed by atoms with Crippen molar-refractivity contribution in [3.8, 4) is 0 Å². The van der Waals surface area contributed by atoms with Crippen molar-refractivity contribution < 1.29 is 9.21 Å². The second kappa shape index (κ2) is 5.90. The first-order valence-electron chi connectivity index (χ1n) is 6.49. The summed E-state index contributed by atoms with van der Waals surface area (Å²) in [7, 11) is 0. The Labute approximate surface area is 136 Å². The second-order valence-corrected chi connectivity index (χ2v) is 6.28. The quantitative estimate of drug-likeness (QED) is 0.375. The minimum absolute atomic E-state index is 0.220. The highest BCUT2D eigenvalue weighted by atomic mass is 32.2. The molecule has 1 amide bonds. The van der Waals surface area contributed by atoms with Gasteiger partial charge in [0, 0.05) is 11.9 Å². The van der Waals surface area contributed by atoms with Crippen LogP contribution in [0, 0.1) is 0 Å². The zero-order valence-electron chi connectivity index (χ0n) is 11.4. The van der Waals surface area contributed by atoms with Gasteiger partial charge in [0.1, 0.15) is 9.90 Å². The van der Waals surface area contributed by atoms with Crippen molar-refractivity contribution in [3.05, 3.63) is 63.9 Å². The van der Waals surface area contributed by atoms with E-state index < -0.39 is 5.63 Å². The van der Waals surface area contributed by atoms with Crippen molar-refractivity contribution >= 4 is 51.3 Å². The van der Waals surface area contributed by atoms with Gasteiger partial charge >= 0.3 is 5.63 Å². The van der Waals surface area contributed by atoms with Crippen molar-refractivity contribution in [1.82, 2.24) is 4.90 Å². The summed E-state index contributed by atoms with van der Waals surface area (Å²) in [6, 6.07) is 8.94. The molecule has 0 aliphatic carbocycles. The van der Waals surface area contributed by atoms with Gasteiger partial charge in [0.05, 0.1) is 10.5 Å². The molecule has 0 bridgehead atoms. The third kappa shape index (κ3) is 2.63. The Morgan fingerprint density at radius 1 is 1.32 bits per heavy atom. The summed E-state index contributed by atoms with van der Waals surface area (Å²) in [6.07, 6.45) is 3.14. The van der Waals surface area contributed by atoms with Gasteiger partial charge in [0.25, 0.3) is 5.91 Å². The number of thioether (sulfide) groups is 1. The lowest BCUT2D eigenvalue weighted by molar-refractivity contribution is -0.121. The van der Waals surface area contributed by atoms with E-state index in [1.54, 1.807) is 24.3 Å². The van der Waals surface area contributed by atoms with Gasteiger partial charge < -0.3 is 4.42 Å². The Morgan fingerprint density at radius 2 is 2.09 bits per heavy atom. The molecule has 1 aliphatic heterocycles. The largest absolute Gasteiger partial charge is 0.422 e. The van der Waals surface area contributed by atoms with Gasteiger partial charge in [-0.25, -0.2) is 4.79 Å². The lowest BCUT2D eigenvalue weighted by atomic mass is 10.2. The third-order valence-corrected chi connectivity index (χ3v) is 4.52. The second-order valence-electron chi connectivity index (χ2n) is 4.61. The Balaban J connectivity index is 2.04. The number of carbonyl (C=O) groups excluding carboxylic acids is 1. The van der Waals surface area contributed by atoms with E-state index in [4.69, 9.17) is 16.6 Å². The van der Waals surface area contributed by atoms with Gasteiger partial charge in [-0.15, -0.1) is 6.58 Å². The molecule has 2 heterocycles. The fraction of sp³-hybridized carbons (Fsp3) is 0.0625. The van der Waals surface area contributed by atoms with Crippen LogP contribution in [0.4, 0.5) is 0 Å². The highest BCUT2D eigenvalue weighted by molar-refractivity contribution is 8.26. The van der Waals surface area contributed by atoms with E-state index in [1.165, 1.54) is 22.7 Å². The number of benzene rings is 1. The maximum absolute atomic E-state index is 12.3. The fourth-order valence-corrected chi connectivity index (χ4v) is 3.37. The molecule has 0 saturated carbocycles. The highest BCUT2D eigenvalue weighted by Gasteiger charge is 2.31. The molecule has 0 unspecified atom stereocenters. The predicted octanol–water partition coefficient (Wildman–Crippen LogP) is 3.18. The highest BCUT2D eigenvalue weighted by Crippen LogP contribution is 2.32. The Hall–Kier alpha value is -2.18. The molecule has 22 heavy (non-hydrogen) atoms. The zero-order chi connectivity index (χ0) is 15.7. The maximum atomic E-state index is 12.3. The molecular weight excluding hydrogens is 318 g/mol. The number of nitrogens with zero attached hydrogens (tertiary/aromatic N) is 1. The topological polar surface area (TPSA) is 50.5 Å². The van der Waals surface area contributed by atoms with Crippen LogP contribution in [-0.2, 0) is 4.79 Å². The molecule has 0 atom stereocenters. The fourth-order valence-electron chi connectivity index (χ4n) is 2.11. The number of hydrogen-bond acceptors (Lipinski definition) is 5. The Bertz CT molecular complexity index is 882. The van der Waals surface area contributed by atoms with Crippen LogP contribution in [0.3, 0.4) is 0 Å². The maximum Gasteiger partial charge on any atom is 0.343 e. The van der Waals surface area contributed by atoms with Gasteiger partial charge in [-0.05, 0) is 18.2 Å². The lowest BCUT2D eigenvalue weighted by Gasteiger charge is -2.10. The van der Waals surface area contributed by atoms with Crippen LogP contribution in [0.15, 0.2) is 57.1 Å². The SMILES string of the molecule is C=CCN1C(=O)/C(=C/c2cc3ccccc3oc2=O)SC1=S. The molecule has 4 nitrogen and oxygen atoms in total. The summed E-state index contributed by atoms with van der Waals surface area (Å²) in [5.41, 5.74) is 0.370. The van der Waals surface area contributed by atoms with Crippen molar-refractivity contribution in [2.75, 3.05) is 6.54 Å². The van der Waals surface area contributed by atoms with E-state index in [0.717, 1.165) is 5.39 Å². The van der Waals surface area contributed by atoms with Crippen molar-refractivity contribution in [1.29, 1.82) is 0 Å². The average molecular weight is 329 g/mol. The monoisotopic (exact) mass is 329 g/mol. The molecule has 3 rings (SSSR count). The molecular formula is C16H11NO3S2. The van der Waals surface area contributed by atoms with Gasteiger partial charge in [-0.2, -0.15) is 0 Å². The minimum atomic E-state index is -0.479. The summed E-state index contributed by atoms with van der Waals surface area (Å²) >= 11 is 6.34. The molecule has 6 heteroatoms. The summed E-state index contributed by atoms with van der Waals surface area (Å²) < 4.78 is 5.72. The van der Waals surface area contributed by atoms with Crippen LogP contribution in [0.2, 0.25) is 0 Å². The van der Waals surface area contributed by atoms with Crippen LogP contribution in [0.25, 0.3) is 17.0 Å². The Morgan fingerprint density at radius 3 is 2.86 bits per heavy atom. The third-order valence-electron chi connectivity index (χ3n) is 3.14. The molecule has 110 valence electrons. The summed E-state index contributed by atoms with van der Waals surface area (Å²) in [5, 5.41) is 0.801. The molecule has 0 spiro atoms. The van der Waals surface area contributed by atoms with Crippen LogP contribution < -0.4 is 5.63 Å². The summed E-state index contributed by atoms with van der Waals surface area (Å²) in [6.45, 7) is 3.96. The molecule has 1 fully saturated rings. The average Bonchev–Trinajstić information content (AvgIpc) is 2.76. The van der Waals surface area contributed by atoms with Crippen LogP contribution in [0.1, 0.15) is 5.56 Å². The van der Waals surface area contributed by atoms with E-state index in [9.17, 15) is 9.59 Å². The first-order valence-corrected chi connectivity index (χ1v) is 7.72. The molecule has 0 N–H and O–H groups in total. The summed E-state index contributed by atoms with van der Waals surface area (Å²) in [4.78, 5) is 26.1. The molecule has 0 radical (unpaired) electrons. The number of carbonyl (C=O) groups is 1. The molecule has 1 aromatic heterocycles. The van der Waals surface area contributed by atoms with Crippen molar-refractivity contribution in [2.24, 2.45) is 0 Å². The first-order chi connectivity index (χ1) is 10.6.